The zero-order valence-electron chi connectivity index (χ0n) is 14.2. The van der Waals surface area contributed by atoms with Crippen LogP contribution in [0, 0.1) is 5.92 Å². The van der Waals surface area contributed by atoms with E-state index in [0.717, 1.165) is 12.8 Å². The van der Waals surface area contributed by atoms with Gasteiger partial charge in [0, 0.05) is 6.42 Å². The molecule has 0 aliphatic heterocycles. The zero-order valence-corrected chi connectivity index (χ0v) is 15.1. The molecule has 4 heteroatoms. The summed E-state index contributed by atoms with van der Waals surface area (Å²) in [5, 5.41) is 3.03. The Bertz CT molecular complexity index is 247. The predicted octanol–water partition coefficient (Wildman–Crippen LogP) is 4.91. The summed E-state index contributed by atoms with van der Waals surface area (Å²) < 4.78 is 4.84. The van der Waals surface area contributed by atoms with Crippen LogP contribution in [0.2, 0.25) is 0 Å². The molecule has 0 heterocycles. The van der Waals surface area contributed by atoms with E-state index in [1.165, 1.54) is 44.9 Å². The van der Waals surface area contributed by atoms with E-state index in [9.17, 15) is 4.79 Å². The van der Waals surface area contributed by atoms with Gasteiger partial charge in [0.15, 0.2) is 0 Å². The Morgan fingerprint density at radius 1 is 1.00 bits per heavy atom. The van der Waals surface area contributed by atoms with Crippen molar-refractivity contribution in [2.45, 2.75) is 91.0 Å². The van der Waals surface area contributed by atoms with Gasteiger partial charge in [-0.15, -0.1) is 0 Å². The summed E-state index contributed by atoms with van der Waals surface area (Å²) >= 11 is 3.76. The Morgan fingerprint density at radius 3 is 2.00 bits per heavy atom. The van der Waals surface area contributed by atoms with Crippen LogP contribution in [-0.4, -0.2) is 18.6 Å². The van der Waals surface area contributed by atoms with Crippen molar-refractivity contribution in [1.29, 1.82) is 0 Å². The molecule has 0 aromatic heterocycles. The van der Waals surface area contributed by atoms with Gasteiger partial charge < -0.3 is 9.50 Å². The topological polar surface area (TPSA) is 38.3 Å². The van der Waals surface area contributed by atoms with Crippen LogP contribution in [0.4, 0.5) is 0 Å². The fourth-order valence-electron chi connectivity index (χ4n) is 2.36. The standard InChI is InChI=1S/C17H35NO2S/c1-4-5-6-7-8-9-10-11-12-13-17(19)18-16(14-20-21)15(2)3/h15-16,21H,4-14H2,1-3H3,(H,18,19). The van der Waals surface area contributed by atoms with Gasteiger partial charge in [-0.3, -0.25) is 4.79 Å². The molecule has 0 aromatic carbocycles. The van der Waals surface area contributed by atoms with Crippen LogP contribution in [0.5, 0.6) is 0 Å². The van der Waals surface area contributed by atoms with Crippen LogP contribution in [-0.2, 0) is 8.98 Å². The van der Waals surface area contributed by atoms with Crippen LogP contribution in [0.1, 0.15) is 85.0 Å². The highest BCUT2D eigenvalue weighted by Gasteiger charge is 2.15. The molecule has 21 heavy (non-hydrogen) atoms. The third-order valence-electron chi connectivity index (χ3n) is 3.91. The van der Waals surface area contributed by atoms with Crippen molar-refractivity contribution >= 4 is 18.8 Å². The van der Waals surface area contributed by atoms with Crippen LogP contribution >= 0.6 is 12.9 Å². The first-order valence-corrected chi connectivity index (χ1v) is 9.04. The molecule has 0 aliphatic carbocycles. The molecule has 0 aliphatic rings. The molecule has 0 spiro atoms. The number of carbonyl (C=O) groups is 1. The van der Waals surface area contributed by atoms with Gasteiger partial charge in [0.05, 0.1) is 12.6 Å². The maximum absolute atomic E-state index is 11.8. The second kappa shape index (κ2) is 14.7. The lowest BCUT2D eigenvalue weighted by atomic mass is 10.0. The lowest BCUT2D eigenvalue weighted by Gasteiger charge is -2.21. The monoisotopic (exact) mass is 317 g/mol. The number of hydrogen-bond acceptors (Lipinski definition) is 3. The third-order valence-corrected chi connectivity index (χ3v) is 4.06. The van der Waals surface area contributed by atoms with Gasteiger partial charge in [-0.2, -0.15) is 0 Å². The maximum atomic E-state index is 11.8. The van der Waals surface area contributed by atoms with Crippen LogP contribution < -0.4 is 5.32 Å². The SMILES string of the molecule is CCCCCCCCCCCC(=O)NC(COS)C(C)C. The van der Waals surface area contributed by atoms with Gasteiger partial charge in [-0.05, 0) is 25.2 Å². The summed E-state index contributed by atoms with van der Waals surface area (Å²) in [7, 11) is 0. The summed E-state index contributed by atoms with van der Waals surface area (Å²) in [5.74, 6) is 0.506. The molecular formula is C17H35NO2S. The number of amides is 1. The fourth-order valence-corrected chi connectivity index (χ4v) is 2.52. The summed E-state index contributed by atoms with van der Waals surface area (Å²) in [6.07, 6.45) is 12.1. The summed E-state index contributed by atoms with van der Waals surface area (Å²) in [5.41, 5.74) is 0. The fraction of sp³-hybridized carbons (Fsp3) is 0.941. The average molecular weight is 318 g/mol. The Morgan fingerprint density at radius 2 is 1.52 bits per heavy atom. The minimum Gasteiger partial charge on any atom is -0.351 e. The van der Waals surface area contributed by atoms with E-state index >= 15 is 0 Å². The smallest absolute Gasteiger partial charge is 0.220 e. The van der Waals surface area contributed by atoms with Gasteiger partial charge in [-0.25, -0.2) is 0 Å². The molecule has 0 rings (SSSR count). The number of rotatable bonds is 14. The molecule has 1 amide bonds. The molecule has 1 unspecified atom stereocenters. The summed E-state index contributed by atoms with van der Waals surface area (Å²) in [6.45, 7) is 6.87. The van der Waals surface area contributed by atoms with Crippen molar-refractivity contribution in [3.63, 3.8) is 0 Å². The van der Waals surface area contributed by atoms with Crippen molar-refractivity contribution in [1.82, 2.24) is 5.32 Å². The van der Waals surface area contributed by atoms with E-state index < -0.39 is 0 Å². The molecule has 0 saturated carbocycles. The number of carbonyl (C=O) groups excluding carboxylic acids is 1. The third kappa shape index (κ3) is 13.2. The van der Waals surface area contributed by atoms with E-state index in [1.54, 1.807) is 0 Å². The molecule has 126 valence electrons. The second-order valence-electron chi connectivity index (χ2n) is 6.29. The van der Waals surface area contributed by atoms with E-state index in [2.05, 4.69) is 39.0 Å². The number of unbranched alkanes of at least 4 members (excludes halogenated alkanes) is 8. The lowest BCUT2D eigenvalue weighted by molar-refractivity contribution is -0.122. The molecule has 0 fully saturated rings. The van der Waals surface area contributed by atoms with Crippen LogP contribution in [0.15, 0.2) is 0 Å². The Hall–Kier alpha value is -0.220. The maximum Gasteiger partial charge on any atom is 0.220 e. The van der Waals surface area contributed by atoms with E-state index in [0.29, 0.717) is 18.9 Å². The van der Waals surface area contributed by atoms with Gasteiger partial charge in [0.1, 0.15) is 0 Å². The Labute approximate surface area is 137 Å². The van der Waals surface area contributed by atoms with E-state index in [-0.39, 0.29) is 11.9 Å². The van der Waals surface area contributed by atoms with Gasteiger partial charge in [0.2, 0.25) is 5.91 Å². The first kappa shape index (κ1) is 20.8. The minimum absolute atomic E-state index is 0.0635. The first-order chi connectivity index (χ1) is 10.1. The zero-order chi connectivity index (χ0) is 15.9. The van der Waals surface area contributed by atoms with Crippen molar-refractivity contribution in [2.75, 3.05) is 6.61 Å². The van der Waals surface area contributed by atoms with Crippen molar-refractivity contribution in [2.24, 2.45) is 5.92 Å². The highest BCUT2D eigenvalue weighted by Crippen LogP contribution is 2.11. The quantitative estimate of drug-likeness (QED) is 0.271. The molecule has 1 atom stereocenters. The Kier molecular flexibility index (Phi) is 14.6. The Balaban J connectivity index is 3.48. The molecule has 0 radical (unpaired) electrons. The molecule has 3 nitrogen and oxygen atoms in total. The minimum atomic E-state index is 0.0635. The van der Waals surface area contributed by atoms with E-state index in [4.69, 9.17) is 4.18 Å². The van der Waals surface area contributed by atoms with Gasteiger partial charge in [-0.1, -0.05) is 72.1 Å². The highest BCUT2D eigenvalue weighted by atomic mass is 32.1. The lowest BCUT2D eigenvalue weighted by Crippen LogP contribution is -2.41. The number of nitrogens with one attached hydrogen (secondary N) is 1. The van der Waals surface area contributed by atoms with Crippen molar-refractivity contribution in [3.05, 3.63) is 0 Å². The van der Waals surface area contributed by atoms with E-state index in [1.807, 2.05) is 0 Å². The first-order valence-electron chi connectivity index (χ1n) is 8.67. The van der Waals surface area contributed by atoms with Crippen molar-refractivity contribution < 1.29 is 8.98 Å². The van der Waals surface area contributed by atoms with Gasteiger partial charge in [0.25, 0.3) is 0 Å². The summed E-state index contributed by atoms with van der Waals surface area (Å²) in [4.78, 5) is 11.8. The molecule has 0 bridgehead atoms. The normalized spacial score (nSPS) is 12.6. The second-order valence-corrected chi connectivity index (χ2v) is 6.55. The molecule has 0 aromatic rings. The molecule has 0 saturated heterocycles. The van der Waals surface area contributed by atoms with Gasteiger partial charge >= 0.3 is 0 Å². The summed E-state index contributed by atoms with van der Waals surface area (Å²) in [6, 6.07) is 0.0635. The number of hydrogen-bond donors (Lipinski definition) is 2. The largest absolute Gasteiger partial charge is 0.351 e. The molecular weight excluding hydrogens is 282 g/mol. The average Bonchev–Trinajstić information content (AvgIpc) is 2.45. The van der Waals surface area contributed by atoms with Crippen molar-refractivity contribution in [3.8, 4) is 0 Å². The highest BCUT2D eigenvalue weighted by molar-refractivity contribution is 7.75. The van der Waals surface area contributed by atoms with Crippen LogP contribution in [0.3, 0.4) is 0 Å². The van der Waals surface area contributed by atoms with Crippen LogP contribution in [0.25, 0.3) is 0 Å². The predicted molar refractivity (Wildman–Crippen MR) is 93.6 cm³/mol. The molecule has 1 N–H and O–H groups in total. The number of thiol groups is 1.